The Morgan fingerprint density at radius 2 is 1.87 bits per heavy atom. The lowest BCUT2D eigenvalue weighted by Gasteiger charge is -2.03. The molecule has 0 aliphatic heterocycles. The summed E-state index contributed by atoms with van der Waals surface area (Å²) in [6, 6.07) is 8.70. The molecule has 2 rings (SSSR count). The van der Waals surface area contributed by atoms with Crippen LogP contribution in [0.2, 0.25) is 0 Å². The van der Waals surface area contributed by atoms with Gasteiger partial charge < -0.3 is 0 Å². The zero-order chi connectivity index (χ0) is 10.5. The Morgan fingerprint density at radius 3 is 2.47 bits per heavy atom. The molecule has 15 heavy (non-hydrogen) atoms. The van der Waals surface area contributed by atoms with E-state index in [1.54, 1.807) is 12.7 Å². The molecule has 0 fully saturated rings. The summed E-state index contributed by atoms with van der Waals surface area (Å²) in [6.07, 6.45) is 5.65. The van der Waals surface area contributed by atoms with Crippen molar-refractivity contribution in [3.8, 4) is 0 Å². The van der Waals surface area contributed by atoms with E-state index in [9.17, 15) is 0 Å². The van der Waals surface area contributed by atoms with Gasteiger partial charge in [-0.15, -0.1) is 0 Å². The van der Waals surface area contributed by atoms with Gasteiger partial charge in [-0.05, 0) is 17.5 Å². The van der Waals surface area contributed by atoms with E-state index in [-0.39, 0.29) is 0 Å². The van der Waals surface area contributed by atoms with Gasteiger partial charge in [-0.1, -0.05) is 37.6 Å². The highest BCUT2D eigenvalue weighted by atomic mass is 15.3. The van der Waals surface area contributed by atoms with Crippen LogP contribution in [0, 0.1) is 0 Å². The van der Waals surface area contributed by atoms with E-state index in [0.717, 1.165) is 13.0 Å². The maximum atomic E-state index is 4.08. The van der Waals surface area contributed by atoms with Crippen LogP contribution in [0.3, 0.4) is 0 Å². The summed E-state index contributed by atoms with van der Waals surface area (Å²) >= 11 is 0. The lowest BCUT2D eigenvalue weighted by molar-refractivity contribution is 0.684. The second-order valence-electron chi connectivity index (χ2n) is 3.66. The van der Waals surface area contributed by atoms with Gasteiger partial charge in [-0.2, -0.15) is 5.10 Å². The van der Waals surface area contributed by atoms with Gasteiger partial charge in [-0.3, -0.25) is 0 Å². The largest absolute Gasteiger partial charge is 0.249 e. The zero-order valence-electron chi connectivity index (χ0n) is 8.93. The Kier molecular flexibility index (Phi) is 3.12. The van der Waals surface area contributed by atoms with Crippen LogP contribution in [0.15, 0.2) is 36.9 Å². The Bertz CT molecular complexity index is 389. The van der Waals surface area contributed by atoms with Gasteiger partial charge in [0, 0.05) is 0 Å². The second kappa shape index (κ2) is 4.73. The van der Waals surface area contributed by atoms with Crippen molar-refractivity contribution in [3.05, 3.63) is 48.0 Å². The first-order valence-electron chi connectivity index (χ1n) is 5.28. The van der Waals surface area contributed by atoms with E-state index in [1.807, 2.05) is 4.68 Å². The quantitative estimate of drug-likeness (QED) is 0.759. The number of rotatable bonds is 4. The molecule has 0 saturated carbocycles. The molecule has 1 aromatic heterocycles. The second-order valence-corrected chi connectivity index (χ2v) is 3.66. The van der Waals surface area contributed by atoms with E-state index in [0.29, 0.717) is 0 Å². The average Bonchev–Trinajstić information content (AvgIpc) is 2.74. The fourth-order valence-electron chi connectivity index (χ4n) is 1.60. The van der Waals surface area contributed by atoms with Gasteiger partial charge in [-0.25, -0.2) is 9.67 Å². The molecular weight excluding hydrogens is 186 g/mol. The lowest BCUT2D eigenvalue weighted by Crippen LogP contribution is -1.99. The number of hydrogen-bond donors (Lipinski definition) is 0. The topological polar surface area (TPSA) is 30.7 Å². The van der Waals surface area contributed by atoms with E-state index < -0.39 is 0 Å². The molecular formula is C12H15N3. The van der Waals surface area contributed by atoms with Crippen LogP contribution in [0.1, 0.15) is 24.5 Å². The number of aromatic nitrogens is 3. The summed E-state index contributed by atoms with van der Waals surface area (Å²) in [5.41, 5.74) is 2.67. The molecule has 0 amide bonds. The monoisotopic (exact) mass is 201 g/mol. The minimum Gasteiger partial charge on any atom is -0.249 e. The number of hydrogen-bond acceptors (Lipinski definition) is 2. The summed E-state index contributed by atoms with van der Waals surface area (Å²) in [5, 5.41) is 4.08. The van der Waals surface area contributed by atoms with Gasteiger partial charge in [0.25, 0.3) is 0 Å². The molecule has 0 unspecified atom stereocenters. The summed E-state index contributed by atoms with van der Waals surface area (Å²) in [7, 11) is 0. The molecule has 0 saturated heterocycles. The van der Waals surface area contributed by atoms with Crippen molar-refractivity contribution in [1.82, 2.24) is 14.8 Å². The number of aryl methyl sites for hydroxylation is 1. The third-order valence-electron chi connectivity index (χ3n) is 2.37. The summed E-state index contributed by atoms with van der Waals surface area (Å²) in [4.78, 5) is 3.92. The summed E-state index contributed by atoms with van der Waals surface area (Å²) in [6.45, 7) is 3.00. The molecule has 0 spiro atoms. The maximum absolute atomic E-state index is 4.08. The molecule has 0 bridgehead atoms. The van der Waals surface area contributed by atoms with Crippen molar-refractivity contribution >= 4 is 0 Å². The van der Waals surface area contributed by atoms with Gasteiger partial charge in [0.1, 0.15) is 12.7 Å². The molecule has 0 radical (unpaired) electrons. The van der Waals surface area contributed by atoms with Crippen molar-refractivity contribution in [2.75, 3.05) is 0 Å². The molecule has 0 N–H and O–H groups in total. The molecule has 1 aromatic carbocycles. The first kappa shape index (κ1) is 9.90. The average molecular weight is 201 g/mol. The zero-order valence-corrected chi connectivity index (χ0v) is 8.93. The standard InChI is InChI=1S/C12H15N3/c1-2-3-11-4-6-12(7-5-11)8-15-10-13-9-14-15/h4-7,9-10H,2-3,8H2,1H3. The normalized spacial score (nSPS) is 10.5. The van der Waals surface area contributed by atoms with Gasteiger partial charge in [0.2, 0.25) is 0 Å². The van der Waals surface area contributed by atoms with Crippen molar-refractivity contribution in [3.63, 3.8) is 0 Å². The molecule has 3 heteroatoms. The fraction of sp³-hybridized carbons (Fsp3) is 0.333. The van der Waals surface area contributed by atoms with E-state index >= 15 is 0 Å². The molecule has 0 aliphatic rings. The van der Waals surface area contributed by atoms with Crippen LogP contribution in [-0.2, 0) is 13.0 Å². The molecule has 1 heterocycles. The number of nitrogens with zero attached hydrogens (tertiary/aromatic N) is 3. The molecule has 78 valence electrons. The highest BCUT2D eigenvalue weighted by Crippen LogP contribution is 2.07. The SMILES string of the molecule is CCCc1ccc(Cn2cncn2)cc1. The summed E-state index contributed by atoms with van der Waals surface area (Å²) in [5.74, 6) is 0. The minimum atomic E-state index is 0.798. The van der Waals surface area contributed by atoms with E-state index in [2.05, 4.69) is 41.3 Å². The Labute approximate surface area is 89.8 Å². The van der Waals surface area contributed by atoms with Crippen molar-refractivity contribution in [2.24, 2.45) is 0 Å². The van der Waals surface area contributed by atoms with Crippen LogP contribution >= 0.6 is 0 Å². The molecule has 2 aromatic rings. The maximum Gasteiger partial charge on any atom is 0.137 e. The highest BCUT2D eigenvalue weighted by Gasteiger charge is 1.96. The van der Waals surface area contributed by atoms with Gasteiger partial charge in [0.05, 0.1) is 6.54 Å². The van der Waals surface area contributed by atoms with Crippen LogP contribution in [0.25, 0.3) is 0 Å². The predicted octanol–water partition coefficient (Wildman–Crippen LogP) is 2.28. The van der Waals surface area contributed by atoms with E-state index in [4.69, 9.17) is 0 Å². The number of benzene rings is 1. The minimum absolute atomic E-state index is 0.798. The lowest BCUT2D eigenvalue weighted by atomic mass is 10.1. The molecule has 3 nitrogen and oxygen atoms in total. The summed E-state index contributed by atoms with van der Waals surface area (Å²) < 4.78 is 1.83. The van der Waals surface area contributed by atoms with E-state index in [1.165, 1.54) is 17.5 Å². The fourth-order valence-corrected chi connectivity index (χ4v) is 1.60. The Hall–Kier alpha value is -1.64. The first-order chi connectivity index (χ1) is 7.38. The Morgan fingerprint density at radius 1 is 1.13 bits per heavy atom. The third kappa shape index (κ3) is 2.65. The highest BCUT2D eigenvalue weighted by molar-refractivity contribution is 5.22. The smallest absolute Gasteiger partial charge is 0.137 e. The molecule has 0 aliphatic carbocycles. The van der Waals surface area contributed by atoms with Crippen LogP contribution in [0.4, 0.5) is 0 Å². The van der Waals surface area contributed by atoms with Crippen molar-refractivity contribution < 1.29 is 0 Å². The van der Waals surface area contributed by atoms with Crippen LogP contribution in [0.5, 0.6) is 0 Å². The van der Waals surface area contributed by atoms with Gasteiger partial charge >= 0.3 is 0 Å². The van der Waals surface area contributed by atoms with Crippen molar-refractivity contribution in [1.29, 1.82) is 0 Å². The molecule has 0 atom stereocenters. The predicted molar refractivity (Wildman–Crippen MR) is 59.6 cm³/mol. The van der Waals surface area contributed by atoms with Crippen LogP contribution in [-0.4, -0.2) is 14.8 Å². The third-order valence-corrected chi connectivity index (χ3v) is 2.37. The first-order valence-corrected chi connectivity index (χ1v) is 5.28. The van der Waals surface area contributed by atoms with Crippen molar-refractivity contribution in [2.45, 2.75) is 26.3 Å². The van der Waals surface area contributed by atoms with Crippen LogP contribution < -0.4 is 0 Å². The van der Waals surface area contributed by atoms with Gasteiger partial charge in [0.15, 0.2) is 0 Å². The Balaban J connectivity index is 2.04.